The van der Waals surface area contributed by atoms with E-state index in [-0.39, 0.29) is 21.2 Å². The van der Waals surface area contributed by atoms with Gasteiger partial charge in [0.25, 0.3) is 10.0 Å². The number of carboxylic acid groups (broad SMARTS) is 1. The molecule has 0 spiro atoms. The van der Waals surface area contributed by atoms with Crippen LogP contribution in [0.5, 0.6) is 5.75 Å². The Kier molecular flexibility index (Phi) is 6.72. The van der Waals surface area contributed by atoms with E-state index in [1.807, 2.05) is 30.3 Å². The Morgan fingerprint density at radius 1 is 1.10 bits per heavy atom. The fourth-order valence-electron chi connectivity index (χ4n) is 3.07. The van der Waals surface area contributed by atoms with Crippen molar-refractivity contribution >= 4 is 39.0 Å². The zero-order valence-corrected chi connectivity index (χ0v) is 18.4. The van der Waals surface area contributed by atoms with Crippen molar-refractivity contribution in [2.75, 3.05) is 23.8 Å². The number of anilines is 2. The van der Waals surface area contributed by atoms with Gasteiger partial charge >= 0.3 is 5.97 Å². The van der Waals surface area contributed by atoms with Gasteiger partial charge < -0.3 is 14.7 Å². The molecule has 9 heteroatoms. The molecule has 0 aliphatic rings. The van der Waals surface area contributed by atoms with Crippen LogP contribution in [-0.2, 0) is 16.6 Å². The van der Waals surface area contributed by atoms with Gasteiger partial charge in [-0.05, 0) is 42.0 Å². The van der Waals surface area contributed by atoms with Crippen molar-refractivity contribution in [1.82, 2.24) is 0 Å². The van der Waals surface area contributed by atoms with E-state index in [9.17, 15) is 18.3 Å². The van der Waals surface area contributed by atoms with E-state index < -0.39 is 16.0 Å². The molecule has 3 rings (SSSR count). The molecule has 0 radical (unpaired) electrons. The molecule has 3 aromatic rings. The maximum Gasteiger partial charge on any atom is 0.337 e. The Hall–Kier alpha value is -3.23. The van der Waals surface area contributed by atoms with Crippen LogP contribution in [0.2, 0.25) is 5.02 Å². The van der Waals surface area contributed by atoms with E-state index in [4.69, 9.17) is 16.3 Å². The summed E-state index contributed by atoms with van der Waals surface area (Å²) in [5, 5.41) is 9.83. The molecule has 0 aromatic heterocycles. The molecule has 0 aliphatic heterocycles. The summed E-state index contributed by atoms with van der Waals surface area (Å²) in [6.45, 7) is 0.497. The first-order valence-electron chi connectivity index (χ1n) is 9.20. The number of hydrogen-bond donors (Lipinski definition) is 2. The first-order chi connectivity index (χ1) is 14.7. The lowest BCUT2D eigenvalue weighted by molar-refractivity contribution is 0.0697. The molecular weight excluding hydrogens is 440 g/mol. The van der Waals surface area contributed by atoms with Crippen molar-refractivity contribution in [2.24, 2.45) is 0 Å². The SMILES string of the molecule is COc1ccc(S(=O)(=O)Nc2ccc(N(C)Cc3ccccc3)c(C(=O)O)c2)cc1Cl. The van der Waals surface area contributed by atoms with E-state index in [1.165, 1.54) is 37.4 Å². The summed E-state index contributed by atoms with van der Waals surface area (Å²) < 4.78 is 32.9. The molecule has 0 bridgehead atoms. The van der Waals surface area contributed by atoms with Gasteiger partial charge in [0.2, 0.25) is 0 Å². The zero-order chi connectivity index (χ0) is 22.6. The van der Waals surface area contributed by atoms with Crippen LogP contribution in [0.1, 0.15) is 15.9 Å². The summed E-state index contributed by atoms with van der Waals surface area (Å²) in [4.78, 5) is 13.6. The summed E-state index contributed by atoms with van der Waals surface area (Å²) in [5.74, 6) is -0.817. The number of nitrogens with one attached hydrogen (secondary N) is 1. The minimum Gasteiger partial charge on any atom is -0.495 e. The number of sulfonamides is 1. The van der Waals surface area contributed by atoms with Gasteiger partial charge in [-0.1, -0.05) is 41.9 Å². The molecule has 0 aliphatic carbocycles. The first-order valence-corrected chi connectivity index (χ1v) is 11.1. The van der Waals surface area contributed by atoms with Crippen LogP contribution in [-0.4, -0.2) is 33.7 Å². The van der Waals surface area contributed by atoms with E-state index >= 15 is 0 Å². The molecule has 0 saturated heterocycles. The number of carbonyl (C=O) groups is 1. The van der Waals surface area contributed by atoms with Crippen LogP contribution in [0.25, 0.3) is 0 Å². The lowest BCUT2D eigenvalue weighted by atomic mass is 10.1. The molecule has 2 N–H and O–H groups in total. The van der Waals surface area contributed by atoms with Crippen molar-refractivity contribution in [2.45, 2.75) is 11.4 Å². The average molecular weight is 461 g/mol. The highest BCUT2D eigenvalue weighted by atomic mass is 35.5. The van der Waals surface area contributed by atoms with Gasteiger partial charge in [0.15, 0.2) is 0 Å². The second-order valence-corrected chi connectivity index (χ2v) is 8.87. The van der Waals surface area contributed by atoms with Crippen LogP contribution in [0, 0.1) is 0 Å². The smallest absolute Gasteiger partial charge is 0.337 e. The van der Waals surface area contributed by atoms with E-state index in [0.29, 0.717) is 18.0 Å². The van der Waals surface area contributed by atoms with Gasteiger partial charge in [-0.2, -0.15) is 0 Å². The first kappa shape index (κ1) is 22.5. The summed E-state index contributed by atoms with van der Waals surface area (Å²) >= 11 is 6.03. The highest BCUT2D eigenvalue weighted by molar-refractivity contribution is 7.92. The predicted molar refractivity (Wildman–Crippen MR) is 121 cm³/mol. The lowest BCUT2D eigenvalue weighted by Gasteiger charge is -2.22. The minimum atomic E-state index is -3.98. The Morgan fingerprint density at radius 3 is 2.42 bits per heavy atom. The highest BCUT2D eigenvalue weighted by Gasteiger charge is 2.19. The quantitative estimate of drug-likeness (QED) is 0.514. The van der Waals surface area contributed by atoms with Crippen molar-refractivity contribution in [1.29, 1.82) is 0 Å². The predicted octanol–water partition coefficient (Wildman–Crippen LogP) is 4.48. The second kappa shape index (κ2) is 9.28. The molecule has 3 aromatic carbocycles. The van der Waals surface area contributed by atoms with Crippen molar-refractivity contribution < 1.29 is 23.1 Å². The Morgan fingerprint density at radius 2 is 1.81 bits per heavy atom. The van der Waals surface area contributed by atoms with Crippen molar-refractivity contribution in [3.8, 4) is 5.75 Å². The van der Waals surface area contributed by atoms with Crippen LogP contribution in [0.15, 0.2) is 71.6 Å². The lowest BCUT2D eigenvalue weighted by Crippen LogP contribution is -2.20. The summed E-state index contributed by atoms with van der Waals surface area (Å²) in [5.41, 5.74) is 1.59. The number of benzene rings is 3. The molecular formula is C22H21ClN2O5S. The maximum absolute atomic E-state index is 12.7. The summed E-state index contributed by atoms with van der Waals surface area (Å²) in [6, 6.07) is 18.1. The molecule has 0 heterocycles. The Bertz CT molecular complexity index is 1200. The third-order valence-corrected chi connectivity index (χ3v) is 6.26. The molecule has 162 valence electrons. The number of halogens is 1. The van der Waals surface area contributed by atoms with E-state index in [1.54, 1.807) is 18.0 Å². The van der Waals surface area contributed by atoms with Gasteiger partial charge in [0.1, 0.15) is 5.75 Å². The van der Waals surface area contributed by atoms with Crippen LogP contribution in [0.3, 0.4) is 0 Å². The largest absolute Gasteiger partial charge is 0.495 e. The number of methoxy groups -OCH3 is 1. The number of rotatable bonds is 8. The Labute approximate surface area is 185 Å². The second-order valence-electron chi connectivity index (χ2n) is 6.78. The molecule has 0 saturated carbocycles. The third-order valence-electron chi connectivity index (χ3n) is 4.59. The summed E-state index contributed by atoms with van der Waals surface area (Å²) in [7, 11) is -0.778. The van der Waals surface area contributed by atoms with Crippen LogP contribution >= 0.6 is 11.6 Å². The van der Waals surface area contributed by atoms with Crippen molar-refractivity contribution in [3.05, 3.63) is 82.9 Å². The molecule has 0 fully saturated rings. The van der Waals surface area contributed by atoms with Gasteiger partial charge in [-0.3, -0.25) is 4.72 Å². The maximum atomic E-state index is 12.7. The van der Waals surface area contributed by atoms with Gasteiger partial charge in [-0.15, -0.1) is 0 Å². The topological polar surface area (TPSA) is 95.9 Å². The molecule has 31 heavy (non-hydrogen) atoms. The Balaban J connectivity index is 1.88. The number of aromatic carboxylic acids is 1. The number of carboxylic acids is 1. The number of nitrogens with zero attached hydrogens (tertiary/aromatic N) is 1. The average Bonchev–Trinajstić information content (AvgIpc) is 2.74. The molecule has 0 unspecified atom stereocenters. The van der Waals surface area contributed by atoms with E-state index in [2.05, 4.69) is 4.72 Å². The molecule has 7 nitrogen and oxygen atoms in total. The van der Waals surface area contributed by atoms with Crippen LogP contribution < -0.4 is 14.4 Å². The van der Waals surface area contributed by atoms with Gasteiger partial charge in [0.05, 0.1) is 28.3 Å². The molecule has 0 amide bonds. The third kappa shape index (κ3) is 5.28. The number of ether oxygens (including phenoxy) is 1. The van der Waals surface area contributed by atoms with E-state index in [0.717, 1.165) is 5.56 Å². The minimum absolute atomic E-state index is 0.0219. The normalized spacial score (nSPS) is 11.1. The fourth-order valence-corrected chi connectivity index (χ4v) is 4.47. The molecule has 0 atom stereocenters. The van der Waals surface area contributed by atoms with Gasteiger partial charge in [-0.25, -0.2) is 13.2 Å². The van der Waals surface area contributed by atoms with Crippen LogP contribution in [0.4, 0.5) is 11.4 Å². The monoisotopic (exact) mass is 460 g/mol. The summed E-state index contributed by atoms with van der Waals surface area (Å²) in [6.07, 6.45) is 0. The fraction of sp³-hybridized carbons (Fsp3) is 0.136. The van der Waals surface area contributed by atoms with Gasteiger partial charge in [0, 0.05) is 19.3 Å². The highest BCUT2D eigenvalue weighted by Crippen LogP contribution is 2.29. The number of hydrogen-bond acceptors (Lipinski definition) is 5. The zero-order valence-electron chi connectivity index (χ0n) is 16.9. The standard InChI is InChI=1S/C22H21ClN2O5S/c1-25(14-15-6-4-3-5-7-15)20-10-8-16(12-18(20)22(26)27)24-31(28,29)17-9-11-21(30-2)19(23)13-17/h3-13,24H,14H2,1-2H3,(H,26,27). The van der Waals surface area contributed by atoms with Crippen molar-refractivity contribution in [3.63, 3.8) is 0 Å².